The van der Waals surface area contributed by atoms with Gasteiger partial charge in [-0.05, 0) is 54.3 Å². The molecule has 7 heteroatoms. The summed E-state index contributed by atoms with van der Waals surface area (Å²) in [6, 6.07) is 12.7. The lowest BCUT2D eigenvalue weighted by atomic mass is 10.1. The third-order valence-electron chi connectivity index (χ3n) is 4.51. The fourth-order valence-corrected chi connectivity index (χ4v) is 3.80. The maximum absolute atomic E-state index is 13.3. The average molecular weight is 451 g/mol. The monoisotopic (exact) mass is 450 g/mol. The van der Waals surface area contributed by atoms with Crippen LogP contribution in [0.5, 0.6) is 0 Å². The van der Waals surface area contributed by atoms with E-state index in [0.29, 0.717) is 23.9 Å². The lowest BCUT2D eigenvalue weighted by Crippen LogP contribution is -2.50. The molecule has 0 fully saturated rings. The number of nitrogens with one attached hydrogen (secondary N) is 1. The van der Waals surface area contributed by atoms with Crippen molar-refractivity contribution in [3.05, 3.63) is 64.9 Å². The zero-order valence-electron chi connectivity index (χ0n) is 17.5. The van der Waals surface area contributed by atoms with E-state index in [-0.39, 0.29) is 29.9 Å². The quantitative estimate of drug-likeness (QED) is 0.509. The number of hydrogen-bond acceptors (Lipinski definition) is 3. The molecular formula is C23H28ClFN2O2S. The summed E-state index contributed by atoms with van der Waals surface area (Å²) < 4.78 is 13.3. The molecule has 0 saturated carbocycles. The number of hydrogen-bond donors (Lipinski definition) is 1. The summed E-state index contributed by atoms with van der Waals surface area (Å²) in [6.07, 6.45) is 0.489. The van der Waals surface area contributed by atoms with Crippen molar-refractivity contribution in [3.8, 4) is 0 Å². The Hall–Kier alpha value is -2.05. The average Bonchev–Trinajstić information content (AvgIpc) is 2.72. The molecule has 0 spiro atoms. The van der Waals surface area contributed by atoms with Gasteiger partial charge in [-0.15, -0.1) is 11.8 Å². The number of carbonyl (C=O) groups excluding carboxylic acids is 2. The van der Waals surface area contributed by atoms with Gasteiger partial charge in [0.05, 0.1) is 5.75 Å². The Morgan fingerprint density at radius 2 is 1.73 bits per heavy atom. The molecule has 0 bridgehead atoms. The molecule has 4 nitrogen and oxygen atoms in total. The zero-order chi connectivity index (χ0) is 22.1. The molecular weight excluding hydrogens is 423 g/mol. The van der Waals surface area contributed by atoms with Crippen LogP contribution in [0, 0.1) is 11.7 Å². The minimum Gasteiger partial charge on any atom is -0.354 e. The Kier molecular flexibility index (Phi) is 9.66. The lowest BCUT2D eigenvalue weighted by Gasteiger charge is -2.31. The van der Waals surface area contributed by atoms with Crippen LogP contribution in [0.4, 0.5) is 4.39 Å². The Bertz CT molecular complexity index is 828. The molecule has 0 aromatic heterocycles. The molecule has 2 aromatic rings. The van der Waals surface area contributed by atoms with Crippen LogP contribution in [-0.2, 0) is 16.1 Å². The second-order valence-electron chi connectivity index (χ2n) is 7.45. The van der Waals surface area contributed by atoms with Gasteiger partial charge < -0.3 is 10.2 Å². The van der Waals surface area contributed by atoms with Gasteiger partial charge in [-0.25, -0.2) is 4.39 Å². The first-order chi connectivity index (χ1) is 14.3. The molecule has 0 radical (unpaired) electrons. The number of halogens is 2. The fourth-order valence-electron chi connectivity index (χ4n) is 2.89. The van der Waals surface area contributed by atoms with Crippen LogP contribution in [0.3, 0.4) is 0 Å². The lowest BCUT2D eigenvalue weighted by molar-refractivity contribution is -0.139. The van der Waals surface area contributed by atoms with E-state index in [2.05, 4.69) is 5.32 Å². The highest BCUT2D eigenvalue weighted by molar-refractivity contribution is 8.00. The number of nitrogens with zero attached hydrogens (tertiary/aromatic N) is 1. The standard InChI is InChI=1S/C23H28ClFN2O2S/c1-4-21(23(29)26-13-16(2)3)27(14-17-5-9-19(25)10-6-17)22(28)15-30-20-11-7-18(24)8-12-20/h5-12,16,21H,4,13-15H2,1-3H3,(H,26,29)/t21-/m1/s1. The summed E-state index contributed by atoms with van der Waals surface area (Å²) >= 11 is 7.31. The molecule has 0 aliphatic heterocycles. The van der Waals surface area contributed by atoms with Crippen molar-refractivity contribution < 1.29 is 14.0 Å². The topological polar surface area (TPSA) is 49.4 Å². The first kappa shape index (κ1) is 24.2. The number of benzene rings is 2. The Balaban J connectivity index is 2.17. The van der Waals surface area contributed by atoms with Crippen LogP contribution in [-0.4, -0.2) is 35.1 Å². The van der Waals surface area contributed by atoms with Gasteiger partial charge in [0, 0.05) is 23.0 Å². The summed E-state index contributed by atoms with van der Waals surface area (Å²) in [6.45, 7) is 6.72. The van der Waals surface area contributed by atoms with Crippen molar-refractivity contribution in [2.45, 2.75) is 44.7 Å². The van der Waals surface area contributed by atoms with Crippen LogP contribution in [0.15, 0.2) is 53.4 Å². The first-order valence-corrected chi connectivity index (χ1v) is 11.4. The van der Waals surface area contributed by atoms with E-state index < -0.39 is 6.04 Å². The maximum Gasteiger partial charge on any atom is 0.242 e. The summed E-state index contributed by atoms with van der Waals surface area (Å²) in [5.74, 6) is -0.148. The molecule has 1 N–H and O–H groups in total. The van der Waals surface area contributed by atoms with Crippen molar-refractivity contribution in [2.24, 2.45) is 5.92 Å². The molecule has 2 amide bonds. The minimum absolute atomic E-state index is 0.147. The molecule has 1 atom stereocenters. The molecule has 0 unspecified atom stereocenters. The van der Waals surface area contributed by atoms with Crippen molar-refractivity contribution in [2.75, 3.05) is 12.3 Å². The van der Waals surface area contributed by atoms with Crippen LogP contribution in [0.25, 0.3) is 0 Å². The highest BCUT2D eigenvalue weighted by Gasteiger charge is 2.28. The third kappa shape index (κ3) is 7.65. The number of carbonyl (C=O) groups is 2. The molecule has 0 aliphatic rings. The van der Waals surface area contributed by atoms with Gasteiger partial charge in [-0.1, -0.05) is 44.5 Å². The van der Waals surface area contributed by atoms with Crippen LogP contribution < -0.4 is 5.32 Å². The van der Waals surface area contributed by atoms with E-state index in [0.717, 1.165) is 10.5 Å². The molecule has 0 saturated heterocycles. The van der Waals surface area contributed by atoms with Crippen molar-refractivity contribution in [1.82, 2.24) is 10.2 Å². The predicted octanol–water partition coefficient (Wildman–Crippen LogP) is 5.15. The highest BCUT2D eigenvalue weighted by atomic mass is 35.5. The third-order valence-corrected chi connectivity index (χ3v) is 5.76. The van der Waals surface area contributed by atoms with E-state index in [4.69, 9.17) is 11.6 Å². The number of thioether (sulfide) groups is 1. The Morgan fingerprint density at radius 1 is 1.10 bits per heavy atom. The van der Waals surface area contributed by atoms with Gasteiger partial charge in [0.25, 0.3) is 0 Å². The van der Waals surface area contributed by atoms with Gasteiger partial charge in [-0.3, -0.25) is 9.59 Å². The maximum atomic E-state index is 13.3. The highest BCUT2D eigenvalue weighted by Crippen LogP contribution is 2.22. The van der Waals surface area contributed by atoms with E-state index in [1.807, 2.05) is 32.9 Å². The van der Waals surface area contributed by atoms with E-state index in [1.54, 1.807) is 29.2 Å². The molecule has 162 valence electrons. The van der Waals surface area contributed by atoms with Crippen LogP contribution in [0.1, 0.15) is 32.8 Å². The van der Waals surface area contributed by atoms with Crippen LogP contribution >= 0.6 is 23.4 Å². The smallest absolute Gasteiger partial charge is 0.242 e. The van der Waals surface area contributed by atoms with E-state index >= 15 is 0 Å². The Morgan fingerprint density at radius 3 is 2.30 bits per heavy atom. The second kappa shape index (κ2) is 12.0. The SMILES string of the molecule is CC[C@H](C(=O)NCC(C)C)N(Cc1ccc(F)cc1)C(=O)CSc1ccc(Cl)cc1. The van der Waals surface area contributed by atoms with Crippen molar-refractivity contribution >= 4 is 35.2 Å². The zero-order valence-corrected chi connectivity index (χ0v) is 19.1. The predicted molar refractivity (Wildman–Crippen MR) is 121 cm³/mol. The van der Waals surface area contributed by atoms with Gasteiger partial charge in [0.1, 0.15) is 11.9 Å². The van der Waals surface area contributed by atoms with Crippen molar-refractivity contribution in [1.29, 1.82) is 0 Å². The fraction of sp³-hybridized carbons (Fsp3) is 0.391. The van der Waals surface area contributed by atoms with Gasteiger partial charge >= 0.3 is 0 Å². The molecule has 2 aromatic carbocycles. The summed E-state index contributed by atoms with van der Waals surface area (Å²) in [4.78, 5) is 28.4. The molecule has 0 aliphatic carbocycles. The minimum atomic E-state index is -0.591. The summed E-state index contributed by atoms with van der Waals surface area (Å²) in [5, 5.41) is 3.56. The summed E-state index contributed by atoms with van der Waals surface area (Å²) in [5.41, 5.74) is 0.774. The normalized spacial score (nSPS) is 11.9. The van der Waals surface area contributed by atoms with Gasteiger partial charge in [0.15, 0.2) is 0 Å². The van der Waals surface area contributed by atoms with Gasteiger partial charge in [-0.2, -0.15) is 0 Å². The number of rotatable bonds is 10. The first-order valence-electron chi connectivity index (χ1n) is 10.00. The number of amides is 2. The molecule has 30 heavy (non-hydrogen) atoms. The molecule has 0 heterocycles. The van der Waals surface area contributed by atoms with Gasteiger partial charge in [0.2, 0.25) is 11.8 Å². The second-order valence-corrected chi connectivity index (χ2v) is 8.94. The van der Waals surface area contributed by atoms with E-state index in [1.165, 1.54) is 23.9 Å². The van der Waals surface area contributed by atoms with E-state index in [9.17, 15) is 14.0 Å². The Labute approximate surface area is 187 Å². The summed E-state index contributed by atoms with van der Waals surface area (Å²) in [7, 11) is 0. The van der Waals surface area contributed by atoms with Crippen molar-refractivity contribution in [3.63, 3.8) is 0 Å². The van der Waals surface area contributed by atoms with Crippen LogP contribution in [0.2, 0.25) is 5.02 Å². The molecule has 2 rings (SSSR count). The largest absolute Gasteiger partial charge is 0.354 e.